The number of epoxide rings is 1. The van der Waals surface area contributed by atoms with E-state index in [0.29, 0.717) is 6.42 Å². The summed E-state index contributed by atoms with van der Waals surface area (Å²) in [5, 5.41) is 10.8. The predicted octanol–water partition coefficient (Wildman–Crippen LogP) is 3.97. The zero-order valence-corrected chi connectivity index (χ0v) is 13.5. The van der Waals surface area contributed by atoms with E-state index in [-0.39, 0.29) is 23.0 Å². The number of ether oxygens (including phenoxy) is 1. The Balaban J connectivity index is 1.71. The first-order valence-electron chi connectivity index (χ1n) is 7.92. The molecule has 1 aliphatic heterocycles. The summed E-state index contributed by atoms with van der Waals surface area (Å²) in [5.41, 5.74) is 1.61. The molecule has 1 aliphatic carbocycles. The van der Waals surface area contributed by atoms with Crippen molar-refractivity contribution in [3.05, 3.63) is 75.3 Å². The number of benzene rings is 2. The normalized spacial score (nSPS) is 26.9. The Kier molecular flexibility index (Phi) is 2.97. The van der Waals surface area contributed by atoms with E-state index in [2.05, 4.69) is 13.8 Å². The van der Waals surface area contributed by atoms with Crippen LogP contribution in [-0.4, -0.2) is 16.3 Å². The summed E-state index contributed by atoms with van der Waals surface area (Å²) in [4.78, 5) is 23.4. The lowest BCUT2D eigenvalue weighted by Crippen LogP contribution is -2.40. The first-order chi connectivity index (χ1) is 11.3. The lowest BCUT2D eigenvalue weighted by molar-refractivity contribution is -0.384. The van der Waals surface area contributed by atoms with Crippen LogP contribution >= 0.6 is 0 Å². The molecule has 0 bridgehead atoms. The fourth-order valence-corrected chi connectivity index (χ4v) is 3.92. The SMILES string of the molecule is CC1(C)CC2(OC2c2ccc([N+](=O)[O-])cc2)C(=O)c2ccccc21. The van der Waals surface area contributed by atoms with Crippen molar-refractivity contribution in [2.24, 2.45) is 0 Å². The minimum atomic E-state index is -0.839. The maximum absolute atomic E-state index is 13.0. The monoisotopic (exact) mass is 323 g/mol. The first-order valence-corrected chi connectivity index (χ1v) is 7.92. The largest absolute Gasteiger partial charge is 0.352 e. The van der Waals surface area contributed by atoms with Crippen LogP contribution in [0.3, 0.4) is 0 Å². The number of fused-ring (bicyclic) bond motifs is 1. The van der Waals surface area contributed by atoms with E-state index in [1.807, 2.05) is 24.3 Å². The van der Waals surface area contributed by atoms with Gasteiger partial charge in [0, 0.05) is 17.7 Å². The smallest absolute Gasteiger partial charge is 0.269 e. The Morgan fingerprint density at radius 1 is 1.12 bits per heavy atom. The van der Waals surface area contributed by atoms with Gasteiger partial charge in [-0.1, -0.05) is 38.1 Å². The highest BCUT2D eigenvalue weighted by atomic mass is 16.6. The lowest BCUT2D eigenvalue weighted by Gasteiger charge is -2.35. The van der Waals surface area contributed by atoms with Crippen LogP contribution in [0.5, 0.6) is 0 Å². The first kappa shape index (κ1) is 15.0. The zero-order chi connectivity index (χ0) is 17.1. The molecule has 0 saturated carbocycles. The number of nitrogens with zero attached hydrogens (tertiary/aromatic N) is 1. The number of non-ortho nitro benzene ring substituents is 1. The van der Waals surface area contributed by atoms with Crippen molar-refractivity contribution in [3.8, 4) is 0 Å². The zero-order valence-electron chi connectivity index (χ0n) is 13.5. The molecule has 2 atom stereocenters. The number of ketones is 1. The van der Waals surface area contributed by atoms with Gasteiger partial charge in [-0.2, -0.15) is 0 Å². The Labute approximate surface area is 139 Å². The van der Waals surface area contributed by atoms with Crippen LogP contribution in [0.1, 0.15) is 47.9 Å². The fraction of sp³-hybridized carbons (Fsp3) is 0.316. The van der Waals surface area contributed by atoms with Gasteiger partial charge in [0.1, 0.15) is 6.10 Å². The van der Waals surface area contributed by atoms with Crippen molar-refractivity contribution in [1.82, 2.24) is 0 Å². The summed E-state index contributed by atoms with van der Waals surface area (Å²) < 4.78 is 5.92. The maximum atomic E-state index is 13.0. The molecule has 1 heterocycles. The number of nitro benzene ring substituents is 1. The Morgan fingerprint density at radius 3 is 2.46 bits per heavy atom. The maximum Gasteiger partial charge on any atom is 0.269 e. The molecule has 0 N–H and O–H groups in total. The second-order valence-electron chi connectivity index (χ2n) is 7.17. The van der Waals surface area contributed by atoms with Crippen molar-refractivity contribution in [1.29, 1.82) is 0 Å². The molecule has 0 radical (unpaired) electrons. The van der Waals surface area contributed by atoms with Gasteiger partial charge in [0.05, 0.1) is 4.92 Å². The molecular weight excluding hydrogens is 306 g/mol. The van der Waals surface area contributed by atoms with Gasteiger partial charge in [-0.3, -0.25) is 14.9 Å². The topological polar surface area (TPSA) is 72.7 Å². The molecule has 1 saturated heterocycles. The average Bonchev–Trinajstić information content (AvgIpc) is 3.27. The number of carbonyl (C=O) groups excluding carboxylic acids is 1. The third-order valence-electron chi connectivity index (χ3n) is 5.09. The number of carbonyl (C=O) groups is 1. The van der Waals surface area contributed by atoms with Gasteiger partial charge in [-0.05, 0) is 35.1 Å². The molecule has 0 aromatic heterocycles. The number of hydrogen-bond donors (Lipinski definition) is 0. The van der Waals surface area contributed by atoms with Crippen molar-refractivity contribution >= 4 is 11.5 Å². The molecule has 2 aromatic carbocycles. The summed E-state index contributed by atoms with van der Waals surface area (Å²) >= 11 is 0. The molecular formula is C19H17NO4. The molecule has 1 spiro atoms. The van der Waals surface area contributed by atoms with E-state index in [1.165, 1.54) is 12.1 Å². The third kappa shape index (κ3) is 2.01. The highest BCUT2D eigenvalue weighted by molar-refractivity contribution is 6.07. The van der Waals surface area contributed by atoms with Crippen molar-refractivity contribution < 1.29 is 14.5 Å². The highest BCUT2D eigenvalue weighted by Gasteiger charge is 2.66. The van der Waals surface area contributed by atoms with Crippen molar-refractivity contribution in [3.63, 3.8) is 0 Å². The second kappa shape index (κ2) is 4.74. The van der Waals surface area contributed by atoms with E-state index in [4.69, 9.17) is 4.74 Å². The minimum absolute atomic E-state index is 0.0146. The molecule has 5 nitrogen and oxygen atoms in total. The lowest BCUT2D eigenvalue weighted by atomic mass is 9.66. The van der Waals surface area contributed by atoms with Crippen LogP contribution in [0.15, 0.2) is 48.5 Å². The van der Waals surface area contributed by atoms with Crippen molar-refractivity contribution in [2.45, 2.75) is 37.4 Å². The summed E-state index contributed by atoms with van der Waals surface area (Å²) in [6.45, 7) is 4.24. The van der Waals surface area contributed by atoms with E-state index in [1.54, 1.807) is 12.1 Å². The number of nitro groups is 1. The number of Topliss-reactive ketones (excluding diaryl/α,β-unsaturated/α-hetero) is 1. The molecule has 122 valence electrons. The van der Waals surface area contributed by atoms with Gasteiger partial charge in [0.25, 0.3) is 5.69 Å². The number of hydrogen-bond acceptors (Lipinski definition) is 4. The van der Waals surface area contributed by atoms with Crippen LogP contribution in [0, 0.1) is 10.1 Å². The molecule has 2 aromatic rings. The quantitative estimate of drug-likeness (QED) is 0.476. The second-order valence-corrected chi connectivity index (χ2v) is 7.17. The third-order valence-corrected chi connectivity index (χ3v) is 5.09. The summed E-state index contributed by atoms with van der Waals surface area (Å²) in [6, 6.07) is 14.0. The van der Waals surface area contributed by atoms with E-state index in [0.717, 1.165) is 16.7 Å². The molecule has 2 aliphatic rings. The molecule has 1 fully saturated rings. The minimum Gasteiger partial charge on any atom is -0.352 e. The van der Waals surface area contributed by atoms with Gasteiger partial charge < -0.3 is 4.74 Å². The molecule has 24 heavy (non-hydrogen) atoms. The van der Waals surface area contributed by atoms with Crippen LogP contribution in [0.25, 0.3) is 0 Å². The average molecular weight is 323 g/mol. The number of rotatable bonds is 2. The highest BCUT2D eigenvalue weighted by Crippen LogP contribution is 2.60. The Hall–Kier alpha value is -2.53. The van der Waals surface area contributed by atoms with E-state index in [9.17, 15) is 14.9 Å². The molecule has 0 amide bonds. The van der Waals surface area contributed by atoms with E-state index >= 15 is 0 Å². The van der Waals surface area contributed by atoms with Gasteiger partial charge >= 0.3 is 0 Å². The van der Waals surface area contributed by atoms with Crippen LogP contribution in [-0.2, 0) is 10.2 Å². The van der Waals surface area contributed by atoms with E-state index < -0.39 is 10.5 Å². The van der Waals surface area contributed by atoms with Gasteiger partial charge in [0.2, 0.25) is 0 Å². The standard InChI is InChI=1S/C19H17NO4/c1-18(2)11-19(16(21)14-5-3-4-6-15(14)18)17(24-19)12-7-9-13(10-8-12)20(22)23/h3-10,17H,11H2,1-2H3. The Morgan fingerprint density at radius 2 is 1.79 bits per heavy atom. The summed E-state index contributed by atoms with van der Waals surface area (Å²) in [7, 11) is 0. The fourth-order valence-electron chi connectivity index (χ4n) is 3.92. The van der Waals surface area contributed by atoms with Gasteiger partial charge in [-0.25, -0.2) is 0 Å². The van der Waals surface area contributed by atoms with Gasteiger partial charge in [-0.15, -0.1) is 0 Å². The molecule has 5 heteroatoms. The Bertz CT molecular complexity index is 856. The van der Waals surface area contributed by atoms with Crippen LogP contribution in [0.2, 0.25) is 0 Å². The summed E-state index contributed by atoms with van der Waals surface area (Å²) in [5.74, 6) is 0.0146. The van der Waals surface area contributed by atoms with Crippen LogP contribution in [0.4, 0.5) is 5.69 Å². The van der Waals surface area contributed by atoms with Crippen LogP contribution < -0.4 is 0 Å². The van der Waals surface area contributed by atoms with Crippen molar-refractivity contribution in [2.75, 3.05) is 0 Å². The van der Waals surface area contributed by atoms with Gasteiger partial charge in [0.15, 0.2) is 11.4 Å². The molecule has 4 rings (SSSR count). The summed E-state index contributed by atoms with van der Waals surface area (Å²) in [6.07, 6.45) is 0.274. The predicted molar refractivity (Wildman–Crippen MR) is 88.1 cm³/mol. The molecule has 2 unspecified atom stereocenters.